The van der Waals surface area contributed by atoms with Crippen molar-refractivity contribution in [2.24, 2.45) is 0 Å². The van der Waals surface area contributed by atoms with Gasteiger partial charge in [0.25, 0.3) is 0 Å². The van der Waals surface area contributed by atoms with Crippen LogP contribution in [0.25, 0.3) is 0 Å². The highest BCUT2D eigenvalue weighted by Crippen LogP contribution is 2.17. The van der Waals surface area contributed by atoms with Crippen molar-refractivity contribution in [1.29, 1.82) is 0 Å². The van der Waals surface area contributed by atoms with Gasteiger partial charge in [-0.05, 0) is 25.1 Å². The molecule has 2 rings (SSSR count). The first-order chi connectivity index (χ1) is 7.25. The van der Waals surface area contributed by atoms with Crippen molar-refractivity contribution in [3.63, 3.8) is 0 Å². The molecule has 0 aliphatic carbocycles. The Hall–Kier alpha value is -1.84. The molecule has 3 nitrogen and oxygen atoms in total. The van der Waals surface area contributed by atoms with Gasteiger partial charge >= 0.3 is 0 Å². The molecule has 0 aromatic carbocycles. The molecule has 1 unspecified atom stereocenters. The first-order valence-electron chi connectivity index (χ1n) is 4.67. The quantitative estimate of drug-likeness (QED) is 0.784. The molecule has 1 N–H and O–H groups in total. The van der Waals surface area contributed by atoms with E-state index >= 15 is 0 Å². The highest BCUT2D eigenvalue weighted by molar-refractivity contribution is 5.36. The van der Waals surface area contributed by atoms with Gasteiger partial charge in [-0.1, -0.05) is 6.07 Å². The Morgan fingerprint density at radius 2 is 2.27 bits per heavy atom. The number of halogens is 1. The van der Waals surface area contributed by atoms with Crippen LogP contribution in [0.4, 0.5) is 10.2 Å². The van der Waals surface area contributed by atoms with Crippen LogP contribution in [0, 0.1) is 5.95 Å². The van der Waals surface area contributed by atoms with Crippen LogP contribution in [0.1, 0.15) is 18.5 Å². The number of furan rings is 1. The third-order valence-electron chi connectivity index (χ3n) is 2.12. The predicted molar refractivity (Wildman–Crippen MR) is 54.9 cm³/mol. The van der Waals surface area contributed by atoms with Gasteiger partial charge in [-0.3, -0.25) is 0 Å². The smallest absolute Gasteiger partial charge is 0.214 e. The topological polar surface area (TPSA) is 38.1 Å². The fraction of sp³-hybridized carbons (Fsp3) is 0.182. The second-order valence-electron chi connectivity index (χ2n) is 3.27. The van der Waals surface area contributed by atoms with Crippen LogP contribution < -0.4 is 5.32 Å². The molecular formula is C11H11FN2O. The Morgan fingerprint density at radius 1 is 1.40 bits per heavy atom. The van der Waals surface area contributed by atoms with Gasteiger partial charge in [0, 0.05) is 5.56 Å². The van der Waals surface area contributed by atoms with Crippen molar-refractivity contribution >= 4 is 5.82 Å². The Labute approximate surface area is 86.9 Å². The average molecular weight is 206 g/mol. The Bertz CT molecular complexity index is 428. The monoisotopic (exact) mass is 206 g/mol. The largest absolute Gasteiger partial charge is 0.472 e. The van der Waals surface area contributed by atoms with Crippen molar-refractivity contribution < 1.29 is 8.81 Å². The SMILES string of the molecule is CC(Nc1cccc(F)n1)c1ccoc1. The minimum absolute atomic E-state index is 0.0399. The summed E-state index contributed by atoms with van der Waals surface area (Å²) in [6, 6.07) is 6.55. The summed E-state index contributed by atoms with van der Waals surface area (Å²) in [5.41, 5.74) is 1.00. The third kappa shape index (κ3) is 2.34. The van der Waals surface area contributed by atoms with E-state index in [0.717, 1.165) is 5.56 Å². The van der Waals surface area contributed by atoms with Crippen molar-refractivity contribution in [2.45, 2.75) is 13.0 Å². The predicted octanol–water partition coefficient (Wildman–Crippen LogP) is 2.99. The molecule has 0 aliphatic rings. The summed E-state index contributed by atoms with van der Waals surface area (Å²) in [6.45, 7) is 1.96. The van der Waals surface area contributed by atoms with E-state index in [1.165, 1.54) is 6.07 Å². The molecule has 2 heterocycles. The molecule has 2 aromatic rings. The van der Waals surface area contributed by atoms with Crippen LogP contribution in [-0.2, 0) is 0 Å². The van der Waals surface area contributed by atoms with Crippen LogP contribution >= 0.6 is 0 Å². The molecule has 0 spiro atoms. The molecule has 0 amide bonds. The molecule has 0 fully saturated rings. The van der Waals surface area contributed by atoms with Crippen LogP contribution in [-0.4, -0.2) is 4.98 Å². The molecule has 0 saturated heterocycles. The van der Waals surface area contributed by atoms with Crippen molar-refractivity contribution in [3.8, 4) is 0 Å². The number of anilines is 1. The molecule has 0 saturated carbocycles. The zero-order chi connectivity index (χ0) is 10.7. The van der Waals surface area contributed by atoms with Gasteiger partial charge < -0.3 is 9.73 Å². The summed E-state index contributed by atoms with van der Waals surface area (Å²) in [5.74, 6) is 0.0306. The summed E-state index contributed by atoms with van der Waals surface area (Å²) >= 11 is 0. The third-order valence-corrected chi connectivity index (χ3v) is 2.12. The zero-order valence-electron chi connectivity index (χ0n) is 8.27. The van der Waals surface area contributed by atoms with Gasteiger partial charge in [0.05, 0.1) is 18.6 Å². The molecular weight excluding hydrogens is 195 g/mol. The van der Waals surface area contributed by atoms with E-state index < -0.39 is 5.95 Å². The molecule has 1 atom stereocenters. The van der Waals surface area contributed by atoms with E-state index in [2.05, 4.69) is 10.3 Å². The Balaban J connectivity index is 2.09. The average Bonchev–Trinajstić information content (AvgIpc) is 2.70. The number of nitrogens with one attached hydrogen (secondary N) is 1. The normalized spacial score (nSPS) is 12.4. The summed E-state index contributed by atoms with van der Waals surface area (Å²) < 4.78 is 17.8. The second-order valence-corrected chi connectivity index (χ2v) is 3.27. The van der Waals surface area contributed by atoms with Crippen LogP contribution in [0.2, 0.25) is 0 Å². The molecule has 2 aromatic heterocycles. The van der Waals surface area contributed by atoms with Crippen LogP contribution in [0.15, 0.2) is 41.2 Å². The maximum Gasteiger partial charge on any atom is 0.214 e. The maximum atomic E-state index is 12.8. The lowest BCUT2D eigenvalue weighted by Crippen LogP contribution is -2.07. The molecule has 0 aliphatic heterocycles. The van der Waals surface area contributed by atoms with E-state index in [1.54, 1.807) is 24.7 Å². The van der Waals surface area contributed by atoms with E-state index in [1.807, 2.05) is 13.0 Å². The highest BCUT2D eigenvalue weighted by atomic mass is 19.1. The molecule has 4 heteroatoms. The molecule has 15 heavy (non-hydrogen) atoms. The molecule has 0 bridgehead atoms. The summed E-state index contributed by atoms with van der Waals surface area (Å²) in [6.07, 6.45) is 3.25. The van der Waals surface area contributed by atoms with Crippen molar-refractivity contribution in [3.05, 3.63) is 48.3 Å². The van der Waals surface area contributed by atoms with E-state index in [4.69, 9.17) is 4.42 Å². The Kier molecular flexibility index (Phi) is 2.67. The van der Waals surface area contributed by atoms with Gasteiger partial charge in [-0.15, -0.1) is 0 Å². The maximum absolute atomic E-state index is 12.8. The fourth-order valence-electron chi connectivity index (χ4n) is 1.32. The van der Waals surface area contributed by atoms with Crippen molar-refractivity contribution in [1.82, 2.24) is 4.98 Å². The van der Waals surface area contributed by atoms with Crippen LogP contribution in [0.3, 0.4) is 0 Å². The number of pyridine rings is 1. The minimum Gasteiger partial charge on any atom is -0.472 e. The number of nitrogens with zero attached hydrogens (tertiary/aromatic N) is 1. The summed E-state index contributed by atoms with van der Waals surface area (Å²) in [4.78, 5) is 3.71. The van der Waals surface area contributed by atoms with Crippen molar-refractivity contribution in [2.75, 3.05) is 5.32 Å². The number of hydrogen-bond donors (Lipinski definition) is 1. The standard InChI is InChI=1S/C11H11FN2O/c1-8(9-5-6-15-7-9)13-11-4-2-3-10(12)14-11/h2-8H,1H3,(H,13,14). The van der Waals surface area contributed by atoms with Gasteiger partial charge in [-0.25, -0.2) is 4.98 Å². The van der Waals surface area contributed by atoms with E-state index in [9.17, 15) is 4.39 Å². The minimum atomic E-state index is -0.487. The number of hydrogen-bond acceptors (Lipinski definition) is 3. The molecule has 78 valence electrons. The lowest BCUT2D eigenvalue weighted by Gasteiger charge is -2.12. The second kappa shape index (κ2) is 4.13. The van der Waals surface area contributed by atoms with Gasteiger partial charge in [-0.2, -0.15) is 4.39 Å². The number of aromatic nitrogens is 1. The lowest BCUT2D eigenvalue weighted by atomic mass is 10.2. The van der Waals surface area contributed by atoms with Crippen LogP contribution in [0.5, 0.6) is 0 Å². The zero-order valence-corrected chi connectivity index (χ0v) is 8.27. The van der Waals surface area contributed by atoms with Gasteiger partial charge in [0.2, 0.25) is 5.95 Å². The summed E-state index contributed by atoms with van der Waals surface area (Å²) in [5, 5.41) is 3.07. The Morgan fingerprint density at radius 3 is 2.93 bits per heavy atom. The van der Waals surface area contributed by atoms with E-state index in [0.29, 0.717) is 5.82 Å². The lowest BCUT2D eigenvalue weighted by molar-refractivity contribution is 0.562. The molecule has 0 radical (unpaired) electrons. The summed E-state index contributed by atoms with van der Waals surface area (Å²) in [7, 11) is 0. The highest BCUT2D eigenvalue weighted by Gasteiger charge is 2.07. The van der Waals surface area contributed by atoms with Gasteiger partial charge in [0.15, 0.2) is 0 Å². The first kappa shape index (κ1) is 9.71. The van der Waals surface area contributed by atoms with Gasteiger partial charge in [0.1, 0.15) is 5.82 Å². The number of rotatable bonds is 3. The first-order valence-corrected chi connectivity index (χ1v) is 4.67. The fourth-order valence-corrected chi connectivity index (χ4v) is 1.32. The van der Waals surface area contributed by atoms with E-state index in [-0.39, 0.29) is 6.04 Å².